The van der Waals surface area contributed by atoms with Crippen molar-refractivity contribution >= 4 is 20.8 Å². The first kappa shape index (κ1) is 22.9. The van der Waals surface area contributed by atoms with Crippen molar-refractivity contribution in [2.75, 3.05) is 13.4 Å². The lowest BCUT2D eigenvalue weighted by atomic mass is 9.93. The summed E-state index contributed by atoms with van der Waals surface area (Å²) >= 11 is 0. The molecule has 2 aromatic carbocycles. The van der Waals surface area contributed by atoms with E-state index in [1.54, 1.807) is 0 Å². The summed E-state index contributed by atoms with van der Waals surface area (Å²) in [7, 11) is -4.07. The van der Waals surface area contributed by atoms with Crippen LogP contribution in [0.3, 0.4) is 0 Å². The molecule has 0 fully saturated rings. The van der Waals surface area contributed by atoms with Crippen LogP contribution in [0.5, 0.6) is 5.88 Å². The van der Waals surface area contributed by atoms with E-state index in [-0.39, 0.29) is 27.5 Å². The predicted molar refractivity (Wildman–Crippen MR) is 110 cm³/mol. The monoisotopic (exact) mass is 470 g/mol. The maximum atomic E-state index is 13.9. The number of hydrogen-bond acceptors (Lipinski definition) is 5. The van der Waals surface area contributed by atoms with Crippen LogP contribution < -0.4 is 9.88 Å². The van der Waals surface area contributed by atoms with Crippen molar-refractivity contribution < 1.29 is 30.5 Å². The van der Waals surface area contributed by atoms with Gasteiger partial charge in [0.05, 0.1) is 12.0 Å². The average Bonchev–Trinajstić information content (AvgIpc) is 2.71. The number of halogens is 3. The summed E-state index contributed by atoms with van der Waals surface area (Å²) in [6.45, 7) is 0. The number of methoxy groups -OCH3 is 1. The summed E-state index contributed by atoms with van der Waals surface area (Å²) in [5.41, 5.74) is -0.753. The molecule has 6 nitrogen and oxygen atoms in total. The van der Waals surface area contributed by atoms with Crippen LogP contribution in [0.1, 0.15) is 5.69 Å². The van der Waals surface area contributed by atoms with Crippen molar-refractivity contribution in [1.29, 1.82) is 0 Å². The van der Waals surface area contributed by atoms with Gasteiger partial charge in [-0.3, -0.25) is 4.21 Å². The van der Waals surface area contributed by atoms with Gasteiger partial charge in [-0.25, -0.2) is 18.5 Å². The first-order valence-electron chi connectivity index (χ1n) is 8.65. The maximum absolute atomic E-state index is 13.9. The number of ether oxygens (including phenoxy) is 1. The third kappa shape index (κ3) is 4.94. The maximum Gasteiger partial charge on any atom is 0.434 e. The molecule has 0 bridgehead atoms. The van der Waals surface area contributed by atoms with Crippen molar-refractivity contribution in [3.05, 3.63) is 60.3 Å². The summed E-state index contributed by atoms with van der Waals surface area (Å²) in [4.78, 5) is 3.90. The molecule has 164 valence electrons. The van der Waals surface area contributed by atoms with Crippen molar-refractivity contribution in [2.45, 2.75) is 16.0 Å². The van der Waals surface area contributed by atoms with E-state index >= 15 is 0 Å². The van der Waals surface area contributed by atoms with E-state index in [0.29, 0.717) is 10.5 Å². The van der Waals surface area contributed by atoms with Crippen molar-refractivity contribution in [2.24, 2.45) is 5.14 Å². The molecule has 2 N–H and O–H groups in total. The normalized spacial score (nSPS) is 13.1. The third-order valence-corrected chi connectivity index (χ3v) is 6.31. The molecule has 1 heterocycles. The first-order valence-corrected chi connectivity index (χ1v) is 11.8. The van der Waals surface area contributed by atoms with Gasteiger partial charge in [-0.1, -0.05) is 24.3 Å². The van der Waals surface area contributed by atoms with Gasteiger partial charge in [0, 0.05) is 33.6 Å². The minimum atomic E-state index is -4.80. The third-order valence-electron chi connectivity index (χ3n) is 4.44. The average molecular weight is 470 g/mol. The summed E-state index contributed by atoms with van der Waals surface area (Å²) in [5, 5.41) is 5.10. The molecule has 0 aliphatic rings. The number of pyridine rings is 1. The van der Waals surface area contributed by atoms with Gasteiger partial charge in [0.2, 0.25) is 15.9 Å². The van der Waals surface area contributed by atoms with E-state index in [4.69, 9.17) is 9.88 Å². The Morgan fingerprint density at radius 1 is 1.00 bits per heavy atom. The standard InChI is InChI=1S/C20H17F3N2O4S2/c1-29-17-11-16(12-5-9-15(10-6-12)31(24,27)28)18(19(25-17)20(21,22)23)13-3-7-14(8-4-13)30(2)26/h3-11H,1-2H3,(H2,24,27,28). The summed E-state index contributed by atoms with van der Waals surface area (Å²) in [5.74, 6) is -0.257. The Labute approximate surface area is 179 Å². The van der Waals surface area contributed by atoms with E-state index in [1.807, 2.05) is 0 Å². The lowest BCUT2D eigenvalue weighted by Crippen LogP contribution is -2.13. The Bertz CT molecular complexity index is 1240. The Kier molecular flexibility index (Phi) is 6.21. The fourth-order valence-electron chi connectivity index (χ4n) is 2.99. The number of hydrogen-bond donors (Lipinski definition) is 1. The van der Waals surface area contributed by atoms with Crippen molar-refractivity contribution in [3.63, 3.8) is 0 Å². The molecule has 0 amide bonds. The molecule has 0 saturated carbocycles. The molecule has 0 radical (unpaired) electrons. The van der Waals surface area contributed by atoms with E-state index < -0.39 is 32.7 Å². The molecule has 1 aromatic heterocycles. The molecule has 11 heteroatoms. The van der Waals surface area contributed by atoms with E-state index in [9.17, 15) is 25.8 Å². The second-order valence-electron chi connectivity index (χ2n) is 6.48. The zero-order valence-corrected chi connectivity index (χ0v) is 17.9. The largest absolute Gasteiger partial charge is 0.481 e. The minimum absolute atomic E-state index is 0.130. The van der Waals surface area contributed by atoms with Gasteiger partial charge in [-0.15, -0.1) is 0 Å². The molecule has 3 aromatic rings. The van der Waals surface area contributed by atoms with Gasteiger partial charge in [0.25, 0.3) is 0 Å². The van der Waals surface area contributed by atoms with Crippen LogP contribution in [0.2, 0.25) is 0 Å². The van der Waals surface area contributed by atoms with Crippen LogP contribution in [0.25, 0.3) is 22.3 Å². The van der Waals surface area contributed by atoms with Gasteiger partial charge in [-0.05, 0) is 41.0 Å². The number of aromatic nitrogens is 1. The minimum Gasteiger partial charge on any atom is -0.481 e. The Balaban J connectivity index is 2.32. The molecule has 1 atom stereocenters. The Morgan fingerprint density at radius 3 is 2.00 bits per heavy atom. The molecular formula is C20H17F3N2O4S2. The summed E-state index contributed by atoms with van der Waals surface area (Å²) < 4.78 is 81.4. The highest BCUT2D eigenvalue weighted by Crippen LogP contribution is 2.43. The van der Waals surface area contributed by atoms with E-state index in [1.165, 1.54) is 68.0 Å². The molecule has 0 spiro atoms. The first-order chi connectivity index (χ1) is 14.4. The molecule has 0 saturated heterocycles. The zero-order valence-electron chi connectivity index (χ0n) is 16.3. The molecular weight excluding hydrogens is 453 g/mol. The quantitative estimate of drug-likeness (QED) is 0.611. The SMILES string of the molecule is COc1cc(-c2ccc(S(N)(=O)=O)cc2)c(-c2ccc(S(C)=O)cc2)c(C(F)(F)F)n1. The van der Waals surface area contributed by atoms with Gasteiger partial charge in [0.15, 0.2) is 5.69 Å². The number of alkyl halides is 3. The van der Waals surface area contributed by atoms with Crippen LogP contribution >= 0.6 is 0 Å². The fourth-order valence-corrected chi connectivity index (χ4v) is 4.02. The number of benzene rings is 2. The highest BCUT2D eigenvalue weighted by Gasteiger charge is 2.38. The number of nitrogens with zero attached hydrogens (tertiary/aromatic N) is 1. The van der Waals surface area contributed by atoms with Crippen molar-refractivity contribution in [1.82, 2.24) is 4.98 Å². The highest BCUT2D eigenvalue weighted by molar-refractivity contribution is 7.89. The molecule has 31 heavy (non-hydrogen) atoms. The summed E-state index contributed by atoms with van der Waals surface area (Å²) in [6, 6.07) is 12.3. The smallest absolute Gasteiger partial charge is 0.434 e. The predicted octanol–water partition coefficient (Wildman–Crippen LogP) is 3.83. The Morgan fingerprint density at radius 2 is 1.55 bits per heavy atom. The fraction of sp³-hybridized carbons (Fsp3) is 0.150. The summed E-state index contributed by atoms with van der Waals surface area (Å²) in [6.07, 6.45) is -3.34. The zero-order chi connectivity index (χ0) is 23.0. The van der Waals surface area contributed by atoms with Crippen molar-refractivity contribution in [3.8, 4) is 28.1 Å². The lowest BCUT2D eigenvalue weighted by molar-refractivity contribution is -0.140. The van der Waals surface area contributed by atoms with E-state index in [2.05, 4.69) is 4.98 Å². The number of nitrogens with two attached hydrogens (primary N) is 1. The number of rotatable bonds is 5. The molecule has 1 unspecified atom stereocenters. The second kappa shape index (κ2) is 8.40. The van der Waals surface area contributed by atoms with Gasteiger partial charge in [-0.2, -0.15) is 13.2 Å². The van der Waals surface area contributed by atoms with Crippen LogP contribution in [-0.2, 0) is 27.0 Å². The van der Waals surface area contributed by atoms with Crippen LogP contribution in [0, 0.1) is 0 Å². The Hall–Kier alpha value is -2.76. The highest BCUT2D eigenvalue weighted by atomic mass is 32.2. The van der Waals surface area contributed by atoms with Gasteiger partial charge < -0.3 is 4.74 Å². The van der Waals surface area contributed by atoms with Crippen LogP contribution in [-0.4, -0.2) is 31.0 Å². The van der Waals surface area contributed by atoms with Crippen LogP contribution in [0.4, 0.5) is 13.2 Å². The molecule has 0 aliphatic carbocycles. The molecule has 3 rings (SSSR count). The van der Waals surface area contributed by atoms with Gasteiger partial charge in [0.1, 0.15) is 0 Å². The lowest BCUT2D eigenvalue weighted by Gasteiger charge is -2.18. The molecule has 0 aliphatic heterocycles. The topological polar surface area (TPSA) is 99.4 Å². The number of sulfonamides is 1. The second-order valence-corrected chi connectivity index (χ2v) is 9.42. The van der Waals surface area contributed by atoms with Crippen LogP contribution in [0.15, 0.2) is 64.4 Å². The van der Waals surface area contributed by atoms with E-state index in [0.717, 1.165) is 0 Å². The van der Waals surface area contributed by atoms with Gasteiger partial charge >= 0.3 is 6.18 Å². The number of primary sulfonamides is 1.